The molecule has 0 radical (unpaired) electrons. The zero-order chi connectivity index (χ0) is 20.7. The lowest BCUT2D eigenvalue weighted by molar-refractivity contribution is -0.0164. The van der Waals surface area contributed by atoms with Crippen molar-refractivity contribution in [2.75, 3.05) is 53.0 Å². The Morgan fingerprint density at radius 3 is 2.19 bits per heavy atom. The number of nitrogens with zero attached hydrogens (tertiary/aromatic N) is 3. The third-order valence-corrected chi connectivity index (χ3v) is 7.10. The van der Waals surface area contributed by atoms with Gasteiger partial charge in [-0.2, -0.15) is 0 Å². The molecule has 0 bridgehead atoms. The van der Waals surface area contributed by atoms with Crippen molar-refractivity contribution in [1.82, 2.24) is 20.4 Å². The zero-order valence-electron chi connectivity index (χ0n) is 19.1. The fourth-order valence-electron chi connectivity index (χ4n) is 5.16. The SMILES string of the molecule is CN=C(NCc1ccc(CN2CCCC2)cc1)NCC1(N2CCCC2)CCOCC1.I. The van der Waals surface area contributed by atoms with Gasteiger partial charge in [0.2, 0.25) is 0 Å². The van der Waals surface area contributed by atoms with E-state index in [-0.39, 0.29) is 29.5 Å². The number of guanidine groups is 1. The number of aliphatic imine (C=N–C) groups is 1. The molecule has 3 heterocycles. The van der Waals surface area contributed by atoms with E-state index in [1.165, 1.54) is 63.0 Å². The monoisotopic (exact) mass is 541 g/mol. The molecule has 0 amide bonds. The van der Waals surface area contributed by atoms with E-state index in [1.807, 2.05) is 7.05 Å². The fraction of sp³-hybridized carbons (Fsp3) is 0.708. The van der Waals surface area contributed by atoms with Gasteiger partial charge in [-0.25, -0.2) is 0 Å². The Morgan fingerprint density at radius 1 is 0.935 bits per heavy atom. The number of benzene rings is 1. The predicted molar refractivity (Wildman–Crippen MR) is 138 cm³/mol. The van der Waals surface area contributed by atoms with Gasteiger partial charge in [-0.3, -0.25) is 14.8 Å². The third kappa shape index (κ3) is 6.79. The Labute approximate surface area is 205 Å². The second-order valence-corrected chi connectivity index (χ2v) is 9.11. The van der Waals surface area contributed by atoms with Gasteiger partial charge in [-0.05, 0) is 75.8 Å². The summed E-state index contributed by atoms with van der Waals surface area (Å²) in [5.74, 6) is 0.890. The van der Waals surface area contributed by atoms with E-state index < -0.39 is 0 Å². The average Bonchev–Trinajstić information content (AvgIpc) is 3.50. The van der Waals surface area contributed by atoms with E-state index >= 15 is 0 Å². The van der Waals surface area contributed by atoms with Gasteiger partial charge in [0, 0.05) is 45.4 Å². The molecule has 174 valence electrons. The molecule has 3 aliphatic heterocycles. The molecule has 0 atom stereocenters. The lowest BCUT2D eigenvalue weighted by Gasteiger charge is -2.45. The van der Waals surface area contributed by atoms with Crippen LogP contribution in [0, 0.1) is 0 Å². The quantitative estimate of drug-likeness (QED) is 0.316. The topological polar surface area (TPSA) is 52.1 Å². The van der Waals surface area contributed by atoms with Gasteiger partial charge in [0.15, 0.2) is 5.96 Å². The highest BCUT2D eigenvalue weighted by molar-refractivity contribution is 14.0. The Morgan fingerprint density at radius 2 is 1.55 bits per heavy atom. The lowest BCUT2D eigenvalue weighted by Crippen LogP contribution is -2.58. The molecule has 7 heteroatoms. The van der Waals surface area contributed by atoms with Crippen LogP contribution in [0.15, 0.2) is 29.3 Å². The first-order valence-electron chi connectivity index (χ1n) is 11.8. The average molecular weight is 542 g/mol. The maximum atomic E-state index is 5.67. The molecule has 0 saturated carbocycles. The summed E-state index contributed by atoms with van der Waals surface area (Å²) >= 11 is 0. The molecule has 3 aliphatic rings. The Bertz CT molecular complexity index is 678. The molecule has 4 rings (SSSR count). The van der Waals surface area contributed by atoms with Crippen LogP contribution in [0.4, 0.5) is 0 Å². The summed E-state index contributed by atoms with van der Waals surface area (Å²) in [4.78, 5) is 9.71. The van der Waals surface area contributed by atoms with Gasteiger partial charge in [0.1, 0.15) is 0 Å². The number of nitrogens with one attached hydrogen (secondary N) is 2. The van der Waals surface area contributed by atoms with Gasteiger partial charge in [-0.15, -0.1) is 24.0 Å². The minimum atomic E-state index is 0. The highest BCUT2D eigenvalue weighted by atomic mass is 127. The molecule has 3 fully saturated rings. The number of hydrogen-bond donors (Lipinski definition) is 2. The Balaban J connectivity index is 0.00000272. The molecular weight excluding hydrogens is 501 g/mol. The normalized spacial score (nSPS) is 22.3. The van der Waals surface area contributed by atoms with Crippen molar-refractivity contribution in [1.29, 1.82) is 0 Å². The van der Waals surface area contributed by atoms with E-state index in [0.717, 1.165) is 51.6 Å². The Kier molecular flexibility index (Phi) is 9.87. The van der Waals surface area contributed by atoms with Gasteiger partial charge in [-0.1, -0.05) is 24.3 Å². The predicted octanol–water partition coefficient (Wildman–Crippen LogP) is 3.21. The second kappa shape index (κ2) is 12.4. The van der Waals surface area contributed by atoms with Crippen LogP contribution < -0.4 is 10.6 Å². The first-order chi connectivity index (χ1) is 14.8. The molecule has 6 nitrogen and oxygen atoms in total. The van der Waals surface area contributed by atoms with Crippen LogP contribution in [-0.4, -0.2) is 74.3 Å². The minimum absolute atomic E-state index is 0. The molecule has 0 unspecified atom stereocenters. The smallest absolute Gasteiger partial charge is 0.191 e. The van der Waals surface area contributed by atoms with Crippen molar-refractivity contribution >= 4 is 29.9 Å². The van der Waals surface area contributed by atoms with Gasteiger partial charge >= 0.3 is 0 Å². The van der Waals surface area contributed by atoms with Crippen LogP contribution >= 0.6 is 24.0 Å². The van der Waals surface area contributed by atoms with E-state index in [9.17, 15) is 0 Å². The molecule has 0 aliphatic carbocycles. The number of halogens is 1. The third-order valence-electron chi connectivity index (χ3n) is 7.10. The first kappa shape index (κ1) is 24.7. The van der Waals surface area contributed by atoms with Crippen molar-refractivity contribution < 1.29 is 4.74 Å². The lowest BCUT2D eigenvalue weighted by atomic mass is 9.88. The highest BCUT2D eigenvalue weighted by Gasteiger charge is 2.39. The van der Waals surface area contributed by atoms with Crippen LogP contribution in [0.25, 0.3) is 0 Å². The van der Waals surface area contributed by atoms with Crippen molar-refractivity contribution in [3.63, 3.8) is 0 Å². The minimum Gasteiger partial charge on any atom is -0.381 e. The van der Waals surface area contributed by atoms with Crippen molar-refractivity contribution in [3.05, 3.63) is 35.4 Å². The van der Waals surface area contributed by atoms with Crippen LogP contribution in [0.1, 0.15) is 49.7 Å². The summed E-state index contributed by atoms with van der Waals surface area (Å²) in [5.41, 5.74) is 2.92. The van der Waals surface area contributed by atoms with Gasteiger partial charge < -0.3 is 15.4 Å². The summed E-state index contributed by atoms with van der Waals surface area (Å²) < 4.78 is 5.67. The fourth-order valence-corrected chi connectivity index (χ4v) is 5.16. The van der Waals surface area contributed by atoms with Gasteiger partial charge in [0.05, 0.1) is 0 Å². The molecule has 3 saturated heterocycles. The number of rotatable bonds is 7. The van der Waals surface area contributed by atoms with E-state index in [1.54, 1.807) is 0 Å². The molecule has 31 heavy (non-hydrogen) atoms. The molecule has 1 aromatic carbocycles. The summed E-state index contributed by atoms with van der Waals surface area (Å²) in [6, 6.07) is 9.04. The van der Waals surface area contributed by atoms with Crippen molar-refractivity contribution in [2.45, 2.75) is 57.2 Å². The van der Waals surface area contributed by atoms with E-state index in [4.69, 9.17) is 4.74 Å². The van der Waals surface area contributed by atoms with Crippen molar-refractivity contribution in [2.24, 2.45) is 4.99 Å². The molecule has 1 aromatic rings. The Hall–Kier alpha value is -0.900. The number of likely N-dealkylation sites (tertiary alicyclic amines) is 2. The number of hydrogen-bond acceptors (Lipinski definition) is 4. The maximum Gasteiger partial charge on any atom is 0.191 e. The summed E-state index contributed by atoms with van der Waals surface area (Å²) in [6.07, 6.45) is 7.55. The molecular formula is C24H40IN5O. The zero-order valence-corrected chi connectivity index (χ0v) is 21.4. The van der Waals surface area contributed by atoms with Crippen LogP contribution in [-0.2, 0) is 17.8 Å². The van der Waals surface area contributed by atoms with E-state index in [2.05, 4.69) is 49.7 Å². The van der Waals surface area contributed by atoms with Crippen LogP contribution in [0.5, 0.6) is 0 Å². The second-order valence-electron chi connectivity index (χ2n) is 9.11. The van der Waals surface area contributed by atoms with E-state index in [0.29, 0.717) is 0 Å². The largest absolute Gasteiger partial charge is 0.381 e. The van der Waals surface area contributed by atoms with Gasteiger partial charge in [0.25, 0.3) is 0 Å². The molecule has 2 N–H and O–H groups in total. The van der Waals surface area contributed by atoms with Crippen molar-refractivity contribution in [3.8, 4) is 0 Å². The van der Waals surface area contributed by atoms with Crippen LogP contribution in [0.2, 0.25) is 0 Å². The summed E-state index contributed by atoms with van der Waals surface area (Å²) in [6.45, 7) is 9.48. The summed E-state index contributed by atoms with van der Waals surface area (Å²) in [7, 11) is 1.86. The summed E-state index contributed by atoms with van der Waals surface area (Å²) in [5, 5.41) is 7.13. The highest BCUT2D eigenvalue weighted by Crippen LogP contribution is 2.30. The number of ether oxygens (including phenoxy) is 1. The standard InChI is InChI=1S/C24H39N5O.HI/c1-25-23(27-20-24(10-16-30-17-11-24)29-14-4-5-15-29)26-18-21-6-8-22(9-7-21)19-28-12-2-3-13-28;/h6-9H,2-5,10-20H2,1H3,(H2,25,26,27);1H. The molecule has 0 spiro atoms. The van der Waals surface area contributed by atoms with Crippen LogP contribution in [0.3, 0.4) is 0 Å². The first-order valence-corrected chi connectivity index (χ1v) is 11.8. The molecule has 0 aromatic heterocycles. The maximum absolute atomic E-state index is 5.67.